The van der Waals surface area contributed by atoms with E-state index in [-0.39, 0.29) is 11.1 Å². The summed E-state index contributed by atoms with van der Waals surface area (Å²) in [5, 5.41) is 2.69. The zero-order valence-electron chi connectivity index (χ0n) is 12.6. The fraction of sp³-hybridized carbons (Fsp3) is 0.188. The molecule has 0 saturated carbocycles. The van der Waals surface area contributed by atoms with Crippen molar-refractivity contribution in [3.8, 4) is 5.75 Å². The van der Waals surface area contributed by atoms with Gasteiger partial charge in [0.2, 0.25) is 11.6 Å². The van der Waals surface area contributed by atoms with E-state index in [4.69, 9.17) is 11.6 Å². The van der Waals surface area contributed by atoms with Crippen molar-refractivity contribution in [2.24, 2.45) is 0 Å². The summed E-state index contributed by atoms with van der Waals surface area (Å²) in [6, 6.07) is 3.43. The largest absolute Gasteiger partial charge is 0.477 e. The van der Waals surface area contributed by atoms with Crippen LogP contribution in [0.1, 0.15) is 11.1 Å². The van der Waals surface area contributed by atoms with Gasteiger partial charge in [0.05, 0.1) is 10.7 Å². The number of carbonyl (C=O) groups excluding carboxylic acids is 1. The highest BCUT2D eigenvalue weighted by atomic mass is 35.5. The standard InChI is InChI=1S/C16H12ClF4NO2/c1-7-3-8(2)15(9(17)4-7)22-12(23)6-24-16-13(20)10(18)5-11(19)14(16)21/h3-5H,6H2,1-2H3,(H,22,23). The highest BCUT2D eigenvalue weighted by molar-refractivity contribution is 6.34. The van der Waals surface area contributed by atoms with Gasteiger partial charge >= 0.3 is 0 Å². The minimum absolute atomic E-state index is 0.0486. The summed E-state index contributed by atoms with van der Waals surface area (Å²) >= 11 is 6.01. The van der Waals surface area contributed by atoms with Gasteiger partial charge in [0.25, 0.3) is 5.91 Å². The molecular formula is C16H12ClF4NO2. The van der Waals surface area contributed by atoms with Crippen LogP contribution in [0.3, 0.4) is 0 Å². The van der Waals surface area contributed by atoms with Gasteiger partial charge < -0.3 is 10.1 Å². The van der Waals surface area contributed by atoms with Crippen LogP contribution in [0.5, 0.6) is 5.75 Å². The first kappa shape index (κ1) is 18.1. The molecule has 1 amide bonds. The lowest BCUT2D eigenvalue weighted by atomic mass is 10.1. The lowest BCUT2D eigenvalue weighted by Crippen LogP contribution is -2.22. The molecule has 8 heteroatoms. The molecular weight excluding hydrogens is 350 g/mol. The van der Waals surface area contributed by atoms with E-state index in [2.05, 4.69) is 10.1 Å². The first-order chi connectivity index (χ1) is 11.2. The number of ether oxygens (including phenoxy) is 1. The molecule has 0 saturated heterocycles. The van der Waals surface area contributed by atoms with Gasteiger partial charge in [-0.2, -0.15) is 8.78 Å². The highest BCUT2D eigenvalue weighted by Gasteiger charge is 2.21. The van der Waals surface area contributed by atoms with E-state index in [1.54, 1.807) is 19.1 Å². The maximum atomic E-state index is 13.4. The number of aryl methyl sites for hydroxylation is 2. The molecule has 0 aromatic heterocycles. The summed E-state index contributed by atoms with van der Waals surface area (Å²) in [5.41, 5.74) is 1.86. The molecule has 0 atom stereocenters. The van der Waals surface area contributed by atoms with Crippen LogP contribution in [0.25, 0.3) is 0 Å². The molecule has 0 heterocycles. The number of amides is 1. The molecule has 2 aromatic rings. The van der Waals surface area contributed by atoms with E-state index >= 15 is 0 Å². The maximum absolute atomic E-state index is 13.4. The second-order valence-electron chi connectivity index (χ2n) is 5.07. The molecule has 0 spiro atoms. The van der Waals surface area contributed by atoms with Crippen molar-refractivity contribution in [1.29, 1.82) is 0 Å². The zero-order chi connectivity index (χ0) is 18.0. The van der Waals surface area contributed by atoms with Crippen LogP contribution in [-0.4, -0.2) is 12.5 Å². The molecule has 0 aliphatic heterocycles. The fourth-order valence-electron chi connectivity index (χ4n) is 2.07. The molecule has 24 heavy (non-hydrogen) atoms. The Balaban J connectivity index is 2.13. The SMILES string of the molecule is Cc1cc(C)c(NC(=O)COc2c(F)c(F)cc(F)c2F)c(Cl)c1. The number of hydrogen-bond acceptors (Lipinski definition) is 2. The molecule has 0 unspecified atom stereocenters. The Morgan fingerprint density at radius 2 is 1.67 bits per heavy atom. The molecule has 2 aromatic carbocycles. The Hall–Kier alpha value is -2.28. The van der Waals surface area contributed by atoms with Crippen molar-refractivity contribution >= 4 is 23.2 Å². The number of carbonyl (C=O) groups is 1. The van der Waals surface area contributed by atoms with Crippen LogP contribution < -0.4 is 10.1 Å². The maximum Gasteiger partial charge on any atom is 0.262 e. The van der Waals surface area contributed by atoms with Gasteiger partial charge in [-0.3, -0.25) is 4.79 Å². The number of nitrogens with one attached hydrogen (secondary N) is 1. The lowest BCUT2D eigenvalue weighted by molar-refractivity contribution is -0.118. The normalized spacial score (nSPS) is 10.6. The van der Waals surface area contributed by atoms with Crippen LogP contribution in [0, 0.1) is 37.1 Å². The number of anilines is 1. The summed E-state index contributed by atoms with van der Waals surface area (Å²) in [4.78, 5) is 11.8. The third-order valence-corrected chi connectivity index (χ3v) is 3.41. The topological polar surface area (TPSA) is 38.3 Å². The Labute approximate surface area is 140 Å². The van der Waals surface area contributed by atoms with Gasteiger partial charge in [0.1, 0.15) is 0 Å². The summed E-state index contributed by atoms with van der Waals surface area (Å²) < 4.78 is 57.6. The summed E-state index contributed by atoms with van der Waals surface area (Å²) in [5.74, 6) is -8.78. The van der Waals surface area contributed by atoms with Gasteiger partial charge in [0, 0.05) is 6.07 Å². The smallest absolute Gasteiger partial charge is 0.262 e. The van der Waals surface area contributed by atoms with Crippen molar-refractivity contribution in [3.63, 3.8) is 0 Å². The second kappa shape index (κ2) is 7.09. The van der Waals surface area contributed by atoms with E-state index in [9.17, 15) is 22.4 Å². The van der Waals surface area contributed by atoms with E-state index in [0.29, 0.717) is 11.3 Å². The van der Waals surface area contributed by atoms with Gasteiger partial charge in [-0.15, -0.1) is 0 Å². The van der Waals surface area contributed by atoms with Crippen molar-refractivity contribution in [2.45, 2.75) is 13.8 Å². The average Bonchev–Trinajstić information content (AvgIpc) is 2.49. The van der Waals surface area contributed by atoms with Crippen LogP contribution in [0.2, 0.25) is 5.02 Å². The molecule has 1 N–H and O–H groups in total. The highest BCUT2D eigenvalue weighted by Crippen LogP contribution is 2.28. The molecule has 0 radical (unpaired) electrons. The van der Waals surface area contributed by atoms with E-state index in [0.717, 1.165) is 5.56 Å². The van der Waals surface area contributed by atoms with Crippen LogP contribution in [-0.2, 0) is 4.79 Å². The molecule has 0 aliphatic rings. The van der Waals surface area contributed by atoms with Crippen LogP contribution in [0.15, 0.2) is 18.2 Å². The van der Waals surface area contributed by atoms with Gasteiger partial charge in [-0.1, -0.05) is 17.7 Å². The van der Waals surface area contributed by atoms with Crippen molar-refractivity contribution < 1.29 is 27.1 Å². The average molecular weight is 362 g/mol. The van der Waals surface area contributed by atoms with Gasteiger partial charge in [0.15, 0.2) is 24.0 Å². The number of benzene rings is 2. The number of halogens is 5. The zero-order valence-corrected chi connectivity index (χ0v) is 13.4. The van der Waals surface area contributed by atoms with Crippen LogP contribution in [0.4, 0.5) is 23.2 Å². The van der Waals surface area contributed by atoms with Crippen molar-refractivity contribution in [2.75, 3.05) is 11.9 Å². The Morgan fingerprint density at radius 3 is 2.21 bits per heavy atom. The first-order valence-corrected chi connectivity index (χ1v) is 7.11. The lowest BCUT2D eigenvalue weighted by Gasteiger charge is -2.13. The molecule has 0 fully saturated rings. The first-order valence-electron chi connectivity index (χ1n) is 6.73. The predicted octanol–water partition coefficient (Wildman–Crippen LogP) is 4.53. The predicted molar refractivity (Wildman–Crippen MR) is 81.3 cm³/mol. The Morgan fingerprint density at radius 1 is 1.08 bits per heavy atom. The number of hydrogen-bond donors (Lipinski definition) is 1. The minimum Gasteiger partial charge on any atom is -0.477 e. The van der Waals surface area contributed by atoms with Gasteiger partial charge in [-0.05, 0) is 31.0 Å². The van der Waals surface area contributed by atoms with Crippen LogP contribution >= 0.6 is 11.6 Å². The Bertz CT molecular complexity index is 762. The molecule has 0 aliphatic carbocycles. The molecule has 0 bridgehead atoms. The summed E-state index contributed by atoms with van der Waals surface area (Å²) in [6.45, 7) is 2.66. The molecule has 3 nitrogen and oxygen atoms in total. The number of rotatable bonds is 4. The van der Waals surface area contributed by atoms with E-state index in [1.807, 2.05) is 6.92 Å². The van der Waals surface area contributed by atoms with Gasteiger partial charge in [-0.25, -0.2) is 8.78 Å². The van der Waals surface area contributed by atoms with E-state index in [1.165, 1.54) is 0 Å². The second-order valence-corrected chi connectivity index (χ2v) is 5.48. The van der Waals surface area contributed by atoms with Crippen molar-refractivity contribution in [1.82, 2.24) is 0 Å². The fourth-order valence-corrected chi connectivity index (χ4v) is 2.43. The summed E-state index contributed by atoms with van der Waals surface area (Å²) in [7, 11) is 0. The van der Waals surface area contributed by atoms with E-state index < -0.39 is 41.5 Å². The molecule has 2 rings (SSSR count). The quantitative estimate of drug-likeness (QED) is 0.642. The third kappa shape index (κ3) is 3.79. The Kier molecular flexibility index (Phi) is 5.33. The monoisotopic (exact) mass is 361 g/mol. The minimum atomic E-state index is -1.72. The van der Waals surface area contributed by atoms with Crippen molar-refractivity contribution in [3.05, 3.63) is 57.6 Å². The molecule has 128 valence electrons. The third-order valence-electron chi connectivity index (χ3n) is 3.12. The summed E-state index contributed by atoms with van der Waals surface area (Å²) in [6.07, 6.45) is 0.